The van der Waals surface area contributed by atoms with Gasteiger partial charge in [0.05, 0.1) is 18.6 Å². The first-order chi connectivity index (χ1) is 13.9. The summed E-state index contributed by atoms with van der Waals surface area (Å²) in [4.78, 5) is 41.0. The maximum Gasteiger partial charge on any atom is 0.337 e. The molecule has 6 nitrogen and oxygen atoms in total. The molecule has 152 valence electrons. The zero-order chi connectivity index (χ0) is 21.0. The molecule has 1 aliphatic heterocycles. The van der Waals surface area contributed by atoms with E-state index >= 15 is 0 Å². The number of hydrogen-bond acceptors (Lipinski definition) is 4. The van der Waals surface area contributed by atoms with Crippen molar-refractivity contribution in [2.45, 2.75) is 32.9 Å². The van der Waals surface area contributed by atoms with E-state index in [9.17, 15) is 14.4 Å². The Morgan fingerprint density at radius 1 is 1.14 bits per heavy atom. The van der Waals surface area contributed by atoms with Crippen molar-refractivity contribution in [3.05, 3.63) is 65.7 Å². The van der Waals surface area contributed by atoms with Crippen LogP contribution >= 0.6 is 0 Å². The summed E-state index contributed by atoms with van der Waals surface area (Å²) < 4.78 is 4.75. The van der Waals surface area contributed by atoms with Crippen LogP contribution in [0.2, 0.25) is 0 Å². The lowest BCUT2D eigenvalue weighted by atomic mass is 10.1. The molecule has 1 aliphatic rings. The van der Waals surface area contributed by atoms with Gasteiger partial charge in [-0.15, -0.1) is 0 Å². The van der Waals surface area contributed by atoms with Gasteiger partial charge in [-0.1, -0.05) is 36.4 Å². The number of hydrogen-bond donors (Lipinski definition) is 0. The summed E-state index contributed by atoms with van der Waals surface area (Å²) in [7, 11) is 1.32. The molecule has 2 aromatic rings. The Hall–Kier alpha value is -3.15. The van der Waals surface area contributed by atoms with E-state index in [2.05, 4.69) is 0 Å². The Balaban J connectivity index is 1.76. The van der Waals surface area contributed by atoms with Crippen molar-refractivity contribution in [3.63, 3.8) is 0 Å². The van der Waals surface area contributed by atoms with Gasteiger partial charge in [0, 0.05) is 31.2 Å². The lowest BCUT2D eigenvalue weighted by Gasteiger charge is -2.29. The van der Waals surface area contributed by atoms with Gasteiger partial charge in [-0.25, -0.2) is 4.79 Å². The number of anilines is 1. The molecular formula is C23H26N2O4. The van der Waals surface area contributed by atoms with Gasteiger partial charge in [0.15, 0.2) is 0 Å². The van der Waals surface area contributed by atoms with Crippen LogP contribution in [0.15, 0.2) is 54.6 Å². The lowest BCUT2D eigenvalue weighted by molar-refractivity contribution is -0.138. The van der Waals surface area contributed by atoms with E-state index in [1.54, 1.807) is 29.2 Å². The summed E-state index contributed by atoms with van der Waals surface area (Å²) in [5.41, 5.74) is 2.04. The largest absolute Gasteiger partial charge is 0.465 e. The first-order valence-corrected chi connectivity index (χ1v) is 9.74. The Morgan fingerprint density at radius 3 is 2.52 bits per heavy atom. The summed E-state index contributed by atoms with van der Waals surface area (Å²) in [6.45, 7) is 4.78. The molecule has 0 bridgehead atoms. The quantitative estimate of drug-likeness (QED) is 0.706. The molecule has 0 radical (unpaired) electrons. The van der Waals surface area contributed by atoms with E-state index in [1.165, 1.54) is 7.11 Å². The van der Waals surface area contributed by atoms with Gasteiger partial charge in [-0.2, -0.15) is 0 Å². The molecule has 0 aliphatic carbocycles. The molecule has 1 fully saturated rings. The molecule has 0 spiro atoms. The normalized spacial score (nSPS) is 16.2. The number of ether oxygens (including phenoxy) is 1. The van der Waals surface area contributed by atoms with Crippen LogP contribution in [-0.2, 0) is 20.9 Å². The van der Waals surface area contributed by atoms with E-state index in [0.717, 1.165) is 5.56 Å². The predicted molar refractivity (Wildman–Crippen MR) is 110 cm³/mol. The first-order valence-electron chi connectivity index (χ1n) is 9.74. The molecule has 1 unspecified atom stereocenters. The minimum atomic E-state index is -0.458. The zero-order valence-electron chi connectivity index (χ0n) is 17.0. The Labute approximate surface area is 171 Å². The third-order valence-electron chi connectivity index (χ3n) is 5.16. The van der Waals surface area contributed by atoms with E-state index < -0.39 is 11.9 Å². The van der Waals surface area contributed by atoms with Gasteiger partial charge in [-0.05, 0) is 37.6 Å². The smallest absolute Gasteiger partial charge is 0.337 e. The van der Waals surface area contributed by atoms with Crippen molar-refractivity contribution in [1.29, 1.82) is 0 Å². The van der Waals surface area contributed by atoms with Crippen molar-refractivity contribution >= 4 is 23.5 Å². The van der Waals surface area contributed by atoms with Crippen molar-refractivity contribution < 1.29 is 19.1 Å². The van der Waals surface area contributed by atoms with E-state index in [0.29, 0.717) is 24.3 Å². The number of methoxy groups -OCH3 is 1. The average Bonchev–Trinajstić information content (AvgIpc) is 3.13. The second-order valence-electron chi connectivity index (χ2n) is 7.49. The minimum absolute atomic E-state index is 0.0227. The van der Waals surface area contributed by atoms with Crippen LogP contribution in [0.4, 0.5) is 5.69 Å². The highest BCUT2D eigenvalue weighted by molar-refractivity contribution is 6.01. The van der Waals surface area contributed by atoms with Gasteiger partial charge in [-0.3, -0.25) is 9.59 Å². The molecule has 1 saturated heterocycles. The van der Waals surface area contributed by atoms with Gasteiger partial charge in [0.1, 0.15) is 0 Å². The molecule has 0 aromatic heterocycles. The summed E-state index contributed by atoms with van der Waals surface area (Å²) >= 11 is 0. The number of carbonyl (C=O) groups excluding carboxylic acids is 3. The van der Waals surface area contributed by atoms with Crippen molar-refractivity contribution in [1.82, 2.24) is 4.90 Å². The fourth-order valence-electron chi connectivity index (χ4n) is 3.57. The second-order valence-corrected chi connectivity index (χ2v) is 7.49. The zero-order valence-corrected chi connectivity index (χ0v) is 17.0. The molecule has 6 heteroatoms. The highest BCUT2D eigenvalue weighted by atomic mass is 16.5. The van der Waals surface area contributed by atoms with Crippen molar-refractivity contribution in [2.24, 2.45) is 5.92 Å². The Morgan fingerprint density at radius 2 is 1.86 bits per heavy atom. The second kappa shape index (κ2) is 8.90. The van der Waals surface area contributed by atoms with Gasteiger partial charge >= 0.3 is 5.97 Å². The summed E-state index contributed by atoms with van der Waals surface area (Å²) in [6, 6.07) is 16.6. The van der Waals surface area contributed by atoms with Crippen molar-refractivity contribution in [3.8, 4) is 0 Å². The monoisotopic (exact) mass is 394 g/mol. The molecule has 29 heavy (non-hydrogen) atoms. The minimum Gasteiger partial charge on any atom is -0.465 e. The summed E-state index contributed by atoms with van der Waals surface area (Å²) in [5.74, 6) is -1.01. The highest BCUT2D eigenvalue weighted by Gasteiger charge is 2.38. The summed E-state index contributed by atoms with van der Waals surface area (Å²) in [5, 5.41) is 0. The average molecular weight is 394 g/mol. The highest BCUT2D eigenvalue weighted by Crippen LogP contribution is 2.28. The molecular weight excluding hydrogens is 368 g/mol. The van der Waals surface area contributed by atoms with Crippen LogP contribution in [0.25, 0.3) is 0 Å². The van der Waals surface area contributed by atoms with Crippen LogP contribution in [0.3, 0.4) is 0 Å². The Kier molecular flexibility index (Phi) is 6.32. The molecule has 1 atom stereocenters. The number of rotatable bonds is 6. The van der Waals surface area contributed by atoms with E-state index in [-0.39, 0.29) is 24.3 Å². The number of amides is 2. The standard InChI is InChI=1S/C23H26N2O4/c1-16(2)24(14-17-8-5-4-6-9-17)22(27)19-13-21(26)25(15-19)20-11-7-10-18(12-20)23(28)29-3/h4-12,16,19H,13-15H2,1-3H3. The van der Waals surface area contributed by atoms with E-state index in [4.69, 9.17) is 4.74 Å². The molecule has 0 saturated carbocycles. The molecule has 3 rings (SSSR count). The summed E-state index contributed by atoms with van der Waals surface area (Å²) in [6.07, 6.45) is 0.166. The van der Waals surface area contributed by atoms with E-state index in [1.807, 2.05) is 49.1 Å². The SMILES string of the molecule is COC(=O)c1cccc(N2CC(C(=O)N(Cc3ccccc3)C(C)C)CC2=O)c1. The third kappa shape index (κ3) is 4.65. The maximum atomic E-state index is 13.2. The number of nitrogens with zero attached hydrogens (tertiary/aromatic N) is 2. The van der Waals surface area contributed by atoms with Crippen LogP contribution in [0, 0.1) is 5.92 Å². The predicted octanol–water partition coefficient (Wildman–Crippen LogP) is 3.26. The van der Waals surface area contributed by atoms with Gasteiger partial charge in [0.25, 0.3) is 0 Å². The fourth-order valence-corrected chi connectivity index (χ4v) is 3.57. The van der Waals surface area contributed by atoms with Crippen LogP contribution in [0.1, 0.15) is 36.2 Å². The number of benzene rings is 2. The van der Waals surface area contributed by atoms with Crippen LogP contribution in [0.5, 0.6) is 0 Å². The third-order valence-corrected chi connectivity index (χ3v) is 5.16. The molecule has 1 heterocycles. The number of esters is 1. The molecule has 0 N–H and O–H groups in total. The van der Waals surface area contributed by atoms with Crippen molar-refractivity contribution in [2.75, 3.05) is 18.6 Å². The first kappa shape index (κ1) is 20.6. The fraction of sp³-hybridized carbons (Fsp3) is 0.348. The lowest BCUT2D eigenvalue weighted by Crippen LogP contribution is -2.41. The maximum absolute atomic E-state index is 13.2. The van der Waals surface area contributed by atoms with Gasteiger partial charge in [0.2, 0.25) is 11.8 Å². The van der Waals surface area contributed by atoms with Gasteiger partial charge < -0.3 is 14.5 Å². The van der Waals surface area contributed by atoms with Crippen LogP contribution in [-0.4, -0.2) is 42.4 Å². The Bertz CT molecular complexity index is 895. The molecule has 2 aromatic carbocycles. The molecule has 2 amide bonds. The van der Waals surface area contributed by atoms with Crippen LogP contribution < -0.4 is 4.90 Å². The number of carbonyl (C=O) groups is 3. The topological polar surface area (TPSA) is 66.9 Å².